The molecule has 1 aliphatic rings. The summed E-state index contributed by atoms with van der Waals surface area (Å²) in [5, 5.41) is 8.72. The molecule has 2 aromatic heterocycles. The lowest BCUT2D eigenvalue weighted by molar-refractivity contribution is 0.0700. The SMILES string of the molecule is CCC(C)n1ncc(C(=O)N2CCSCC2c2cnn(C)c2)c1C. The predicted molar refractivity (Wildman–Crippen MR) is 96.3 cm³/mol. The Morgan fingerprint density at radius 1 is 1.42 bits per heavy atom. The van der Waals surface area contributed by atoms with Gasteiger partial charge in [-0.05, 0) is 20.3 Å². The first-order valence-corrected chi connectivity index (χ1v) is 9.59. The zero-order chi connectivity index (χ0) is 17.3. The largest absolute Gasteiger partial charge is 0.330 e. The maximum atomic E-state index is 13.2. The average molecular weight is 347 g/mol. The number of carbonyl (C=O) groups excluding carboxylic acids is 1. The van der Waals surface area contributed by atoms with Crippen molar-refractivity contribution in [2.45, 2.75) is 39.3 Å². The van der Waals surface area contributed by atoms with E-state index in [-0.39, 0.29) is 11.9 Å². The molecule has 6 nitrogen and oxygen atoms in total. The highest BCUT2D eigenvalue weighted by molar-refractivity contribution is 7.99. The lowest BCUT2D eigenvalue weighted by atomic mass is 10.1. The quantitative estimate of drug-likeness (QED) is 0.853. The second-order valence-electron chi connectivity index (χ2n) is 6.38. The molecular weight excluding hydrogens is 322 g/mol. The third kappa shape index (κ3) is 3.09. The lowest BCUT2D eigenvalue weighted by Gasteiger charge is -2.35. The molecule has 0 saturated carbocycles. The summed E-state index contributed by atoms with van der Waals surface area (Å²) in [5.41, 5.74) is 2.78. The molecule has 0 N–H and O–H groups in total. The molecule has 3 heterocycles. The van der Waals surface area contributed by atoms with Crippen molar-refractivity contribution < 1.29 is 4.79 Å². The van der Waals surface area contributed by atoms with E-state index in [1.54, 1.807) is 10.9 Å². The maximum Gasteiger partial charge on any atom is 0.257 e. The molecule has 0 bridgehead atoms. The third-order valence-corrected chi connectivity index (χ3v) is 5.81. The van der Waals surface area contributed by atoms with Gasteiger partial charge in [0.1, 0.15) is 0 Å². The second-order valence-corrected chi connectivity index (χ2v) is 7.53. The minimum atomic E-state index is 0.0798. The first kappa shape index (κ1) is 17.1. The average Bonchev–Trinajstić information content (AvgIpc) is 3.19. The zero-order valence-corrected chi connectivity index (χ0v) is 15.6. The molecule has 2 unspecified atom stereocenters. The van der Waals surface area contributed by atoms with E-state index >= 15 is 0 Å². The number of hydrogen-bond donors (Lipinski definition) is 0. The van der Waals surface area contributed by atoms with Crippen LogP contribution in [-0.4, -0.2) is 48.4 Å². The molecule has 0 radical (unpaired) electrons. The van der Waals surface area contributed by atoms with Gasteiger partial charge in [-0.25, -0.2) is 0 Å². The van der Waals surface area contributed by atoms with E-state index in [1.165, 1.54) is 0 Å². The van der Waals surface area contributed by atoms with Crippen molar-refractivity contribution in [3.05, 3.63) is 35.4 Å². The van der Waals surface area contributed by atoms with Gasteiger partial charge in [0.15, 0.2) is 0 Å². The zero-order valence-electron chi connectivity index (χ0n) is 14.8. The summed E-state index contributed by atoms with van der Waals surface area (Å²) >= 11 is 1.89. The summed E-state index contributed by atoms with van der Waals surface area (Å²) in [5.74, 6) is 1.97. The fraction of sp³-hybridized carbons (Fsp3) is 0.588. The summed E-state index contributed by atoms with van der Waals surface area (Å²) in [4.78, 5) is 15.2. The van der Waals surface area contributed by atoms with Crippen LogP contribution in [0.2, 0.25) is 0 Å². The molecule has 1 fully saturated rings. The van der Waals surface area contributed by atoms with Gasteiger partial charge in [-0.1, -0.05) is 6.92 Å². The standard InChI is InChI=1S/C17H25N5OS/c1-5-12(2)22-13(3)15(9-19-22)17(23)21-6-7-24-11-16(21)14-8-18-20(4)10-14/h8-10,12,16H,5-7,11H2,1-4H3. The lowest BCUT2D eigenvalue weighted by Crippen LogP contribution is -2.40. The van der Waals surface area contributed by atoms with Crippen molar-refractivity contribution in [2.75, 3.05) is 18.1 Å². The molecule has 1 amide bonds. The molecular formula is C17H25N5OS. The van der Waals surface area contributed by atoms with Gasteiger partial charge < -0.3 is 4.90 Å². The van der Waals surface area contributed by atoms with E-state index in [0.717, 1.165) is 41.3 Å². The number of nitrogens with zero attached hydrogens (tertiary/aromatic N) is 5. The van der Waals surface area contributed by atoms with Gasteiger partial charge >= 0.3 is 0 Å². The Morgan fingerprint density at radius 3 is 2.88 bits per heavy atom. The molecule has 0 aliphatic carbocycles. The fourth-order valence-corrected chi connectivity index (χ4v) is 4.23. The normalized spacial score (nSPS) is 19.5. The molecule has 2 aromatic rings. The monoisotopic (exact) mass is 347 g/mol. The van der Waals surface area contributed by atoms with Gasteiger partial charge in [0.25, 0.3) is 5.91 Å². The Morgan fingerprint density at radius 2 is 2.21 bits per heavy atom. The minimum absolute atomic E-state index is 0.0798. The van der Waals surface area contributed by atoms with Crippen molar-refractivity contribution >= 4 is 17.7 Å². The Bertz CT molecular complexity index is 722. The number of rotatable bonds is 4. The summed E-state index contributed by atoms with van der Waals surface area (Å²) in [7, 11) is 1.91. The van der Waals surface area contributed by atoms with Crippen LogP contribution >= 0.6 is 11.8 Å². The Kier molecular flexibility index (Phi) is 4.99. The Labute approximate surface area is 147 Å². The molecule has 0 aromatic carbocycles. The topological polar surface area (TPSA) is 56.0 Å². The van der Waals surface area contributed by atoms with E-state index in [9.17, 15) is 4.79 Å². The third-order valence-electron chi connectivity index (χ3n) is 4.78. The van der Waals surface area contributed by atoms with Crippen molar-refractivity contribution in [2.24, 2.45) is 7.05 Å². The molecule has 3 rings (SSSR count). The van der Waals surface area contributed by atoms with Crippen molar-refractivity contribution in [1.29, 1.82) is 0 Å². The van der Waals surface area contributed by atoms with E-state index in [4.69, 9.17) is 0 Å². The smallest absolute Gasteiger partial charge is 0.257 e. The van der Waals surface area contributed by atoms with Crippen LogP contribution in [0.15, 0.2) is 18.6 Å². The summed E-state index contributed by atoms with van der Waals surface area (Å²) in [6.07, 6.45) is 6.60. The highest BCUT2D eigenvalue weighted by Crippen LogP contribution is 2.31. The van der Waals surface area contributed by atoms with Crippen LogP contribution in [0.1, 0.15) is 54.0 Å². The van der Waals surface area contributed by atoms with Crippen LogP contribution in [0.25, 0.3) is 0 Å². The first-order valence-electron chi connectivity index (χ1n) is 8.44. The highest BCUT2D eigenvalue weighted by Gasteiger charge is 2.31. The summed E-state index contributed by atoms with van der Waals surface area (Å²) in [6, 6.07) is 0.383. The van der Waals surface area contributed by atoms with Crippen molar-refractivity contribution in [3.63, 3.8) is 0 Å². The molecule has 2 atom stereocenters. The summed E-state index contributed by atoms with van der Waals surface area (Å²) in [6.45, 7) is 7.01. The van der Waals surface area contributed by atoms with Gasteiger partial charge in [-0.3, -0.25) is 14.2 Å². The van der Waals surface area contributed by atoms with Crippen molar-refractivity contribution in [1.82, 2.24) is 24.5 Å². The number of aryl methyl sites for hydroxylation is 1. The number of carbonyl (C=O) groups is 1. The minimum Gasteiger partial charge on any atom is -0.330 e. The van der Waals surface area contributed by atoms with Crippen molar-refractivity contribution in [3.8, 4) is 0 Å². The van der Waals surface area contributed by atoms with Crippen LogP contribution in [-0.2, 0) is 7.05 Å². The van der Waals surface area contributed by atoms with E-state index in [2.05, 4.69) is 24.0 Å². The molecule has 7 heteroatoms. The van der Waals surface area contributed by atoms with Crippen LogP contribution in [0.4, 0.5) is 0 Å². The number of amides is 1. The molecule has 24 heavy (non-hydrogen) atoms. The van der Waals surface area contributed by atoms with E-state index < -0.39 is 0 Å². The second kappa shape index (κ2) is 7.01. The van der Waals surface area contributed by atoms with E-state index in [0.29, 0.717) is 6.04 Å². The fourth-order valence-electron chi connectivity index (χ4n) is 3.14. The van der Waals surface area contributed by atoms with Gasteiger partial charge in [0.05, 0.1) is 24.0 Å². The Hall–Kier alpha value is -1.76. The molecule has 130 valence electrons. The number of aromatic nitrogens is 4. The van der Waals surface area contributed by atoms with Gasteiger partial charge in [0, 0.05) is 48.6 Å². The maximum absolute atomic E-state index is 13.2. The molecule has 0 spiro atoms. The van der Waals surface area contributed by atoms with Gasteiger partial charge in [-0.2, -0.15) is 22.0 Å². The molecule has 1 aliphatic heterocycles. The van der Waals surface area contributed by atoms with Gasteiger partial charge in [-0.15, -0.1) is 0 Å². The number of thioether (sulfide) groups is 1. The van der Waals surface area contributed by atoms with Crippen LogP contribution in [0.3, 0.4) is 0 Å². The molecule has 1 saturated heterocycles. The first-order chi connectivity index (χ1) is 11.5. The predicted octanol–water partition coefficient (Wildman–Crippen LogP) is 2.83. The van der Waals surface area contributed by atoms with E-state index in [1.807, 2.05) is 47.7 Å². The Balaban J connectivity index is 1.88. The van der Waals surface area contributed by atoms with Gasteiger partial charge in [0.2, 0.25) is 0 Å². The highest BCUT2D eigenvalue weighted by atomic mass is 32.2. The van der Waals surface area contributed by atoms with Crippen LogP contribution in [0, 0.1) is 6.92 Å². The number of hydrogen-bond acceptors (Lipinski definition) is 4. The van der Waals surface area contributed by atoms with Crippen LogP contribution < -0.4 is 0 Å². The van der Waals surface area contributed by atoms with Crippen LogP contribution in [0.5, 0.6) is 0 Å². The summed E-state index contributed by atoms with van der Waals surface area (Å²) < 4.78 is 3.76.